The zero-order valence-corrected chi connectivity index (χ0v) is 14.3. The molecule has 0 bridgehead atoms. The number of nitrogens with zero attached hydrogens (tertiary/aromatic N) is 3. The number of piperazine rings is 1. The number of aromatic nitrogens is 1. The van der Waals surface area contributed by atoms with Crippen molar-refractivity contribution in [2.45, 2.75) is 45.6 Å². The first-order valence-corrected chi connectivity index (χ1v) is 8.28. The van der Waals surface area contributed by atoms with Crippen molar-refractivity contribution in [2.24, 2.45) is 0 Å². The van der Waals surface area contributed by atoms with Crippen molar-refractivity contribution in [2.75, 3.05) is 31.6 Å². The van der Waals surface area contributed by atoms with Crippen molar-refractivity contribution in [3.05, 3.63) is 10.6 Å². The third-order valence-electron chi connectivity index (χ3n) is 4.50. The number of anilines is 1. The van der Waals surface area contributed by atoms with Gasteiger partial charge in [-0.3, -0.25) is 4.90 Å². The van der Waals surface area contributed by atoms with Crippen LogP contribution in [-0.4, -0.2) is 53.2 Å². The smallest absolute Gasteiger partial charge is 0.347 e. The molecule has 2 rings (SSSR count). The minimum absolute atomic E-state index is 0.0733. The first-order valence-electron chi connectivity index (χ1n) is 7.46. The van der Waals surface area contributed by atoms with Gasteiger partial charge in [0.2, 0.25) is 0 Å². The van der Waals surface area contributed by atoms with Crippen LogP contribution in [0.15, 0.2) is 0 Å². The average molecular weight is 311 g/mol. The molecule has 118 valence electrons. The lowest BCUT2D eigenvalue weighted by atomic mass is 10.0. The largest absolute Gasteiger partial charge is 0.477 e. The molecule has 1 unspecified atom stereocenters. The Labute approximate surface area is 130 Å². The Morgan fingerprint density at radius 2 is 2.14 bits per heavy atom. The zero-order chi connectivity index (χ0) is 15.8. The second-order valence-electron chi connectivity index (χ2n) is 6.48. The number of carboxylic acids is 1. The molecule has 0 amide bonds. The van der Waals surface area contributed by atoms with Crippen molar-refractivity contribution in [1.82, 2.24) is 9.88 Å². The maximum Gasteiger partial charge on any atom is 0.347 e. The van der Waals surface area contributed by atoms with Gasteiger partial charge in [-0.05, 0) is 33.2 Å². The lowest BCUT2D eigenvalue weighted by Gasteiger charge is -2.45. The quantitative estimate of drug-likeness (QED) is 0.926. The third kappa shape index (κ3) is 3.21. The summed E-state index contributed by atoms with van der Waals surface area (Å²) in [5, 5.41) is 10.3. The summed E-state index contributed by atoms with van der Waals surface area (Å²) in [6, 6.07) is 0. The topological polar surface area (TPSA) is 56.7 Å². The maximum absolute atomic E-state index is 11.5. The van der Waals surface area contributed by atoms with Gasteiger partial charge in [0.05, 0.1) is 5.69 Å². The molecule has 1 N–H and O–H groups in total. The van der Waals surface area contributed by atoms with Crippen LogP contribution in [0.1, 0.15) is 55.4 Å². The van der Waals surface area contributed by atoms with Gasteiger partial charge in [0, 0.05) is 25.2 Å². The molecule has 0 spiro atoms. The number of hydrogen-bond donors (Lipinski definition) is 1. The highest BCUT2D eigenvalue weighted by molar-refractivity contribution is 7.17. The first-order chi connectivity index (χ1) is 9.76. The fourth-order valence-electron chi connectivity index (χ4n) is 2.54. The van der Waals surface area contributed by atoms with E-state index in [0.717, 1.165) is 36.9 Å². The molecule has 1 fully saturated rings. The number of hydrogen-bond acceptors (Lipinski definition) is 5. The monoisotopic (exact) mass is 311 g/mol. The average Bonchev–Trinajstić information content (AvgIpc) is 2.86. The van der Waals surface area contributed by atoms with E-state index in [1.54, 1.807) is 0 Å². The standard InChI is InChI=1S/C15H25N3O2S/c1-6-10(2)11-12(13(19)20)21-14(16-11)18-8-7-17(5)15(3,4)9-18/h10H,6-9H2,1-5H3,(H,19,20). The van der Waals surface area contributed by atoms with Crippen LogP contribution in [-0.2, 0) is 0 Å². The van der Waals surface area contributed by atoms with Gasteiger partial charge in [-0.25, -0.2) is 9.78 Å². The molecule has 0 saturated carbocycles. The van der Waals surface area contributed by atoms with E-state index in [0.29, 0.717) is 4.88 Å². The summed E-state index contributed by atoms with van der Waals surface area (Å²) in [5.74, 6) is -0.677. The van der Waals surface area contributed by atoms with Gasteiger partial charge in [-0.2, -0.15) is 0 Å². The Bertz CT molecular complexity index is 527. The van der Waals surface area contributed by atoms with Crippen molar-refractivity contribution >= 4 is 22.4 Å². The Kier molecular flexibility index (Phi) is 4.58. The molecule has 5 nitrogen and oxygen atoms in total. The van der Waals surface area contributed by atoms with Gasteiger partial charge in [0.15, 0.2) is 5.13 Å². The van der Waals surface area contributed by atoms with Crippen LogP contribution in [0.3, 0.4) is 0 Å². The predicted octanol–water partition coefficient (Wildman–Crippen LogP) is 2.89. The Hall–Kier alpha value is -1.14. The highest BCUT2D eigenvalue weighted by Gasteiger charge is 2.33. The highest BCUT2D eigenvalue weighted by Crippen LogP contribution is 2.34. The molecule has 0 aromatic carbocycles. The van der Waals surface area contributed by atoms with Crippen LogP contribution >= 0.6 is 11.3 Å². The van der Waals surface area contributed by atoms with Crippen molar-refractivity contribution in [3.8, 4) is 0 Å². The van der Waals surface area contributed by atoms with Crippen LogP contribution in [0.5, 0.6) is 0 Å². The number of carbonyl (C=O) groups is 1. The van der Waals surface area contributed by atoms with E-state index in [1.807, 2.05) is 6.92 Å². The summed E-state index contributed by atoms with van der Waals surface area (Å²) in [5.41, 5.74) is 0.811. The van der Waals surface area contributed by atoms with Gasteiger partial charge >= 0.3 is 5.97 Å². The summed E-state index contributed by atoms with van der Waals surface area (Å²) in [4.78, 5) is 21.1. The molecule has 1 atom stereocenters. The van der Waals surface area contributed by atoms with Gasteiger partial charge in [-0.15, -0.1) is 0 Å². The second-order valence-corrected chi connectivity index (χ2v) is 7.46. The van der Waals surface area contributed by atoms with E-state index < -0.39 is 5.97 Å². The minimum Gasteiger partial charge on any atom is -0.477 e. The van der Waals surface area contributed by atoms with Gasteiger partial charge in [0.1, 0.15) is 4.88 Å². The normalized spacial score (nSPS) is 20.5. The summed E-state index contributed by atoms with van der Waals surface area (Å²) in [7, 11) is 2.13. The van der Waals surface area contributed by atoms with Crippen LogP contribution in [0.4, 0.5) is 5.13 Å². The molecule has 6 heteroatoms. The molecule has 1 aliphatic rings. The van der Waals surface area contributed by atoms with Gasteiger partial charge in [-0.1, -0.05) is 25.2 Å². The molecule has 1 aromatic rings. The number of thiazole rings is 1. The maximum atomic E-state index is 11.5. The van der Waals surface area contributed by atoms with E-state index in [2.05, 4.69) is 42.6 Å². The molecular formula is C15H25N3O2S. The molecule has 2 heterocycles. The van der Waals surface area contributed by atoms with E-state index in [1.165, 1.54) is 11.3 Å². The zero-order valence-electron chi connectivity index (χ0n) is 13.5. The lowest BCUT2D eigenvalue weighted by molar-refractivity contribution is 0.0700. The van der Waals surface area contributed by atoms with Gasteiger partial charge < -0.3 is 10.0 Å². The molecule has 1 saturated heterocycles. The number of carboxylic acid groups (broad SMARTS) is 1. The SMILES string of the molecule is CCC(C)c1nc(N2CCN(C)C(C)(C)C2)sc1C(=O)O. The fraction of sp³-hybridized carbons (Fsp3) is 0.733. The second kappa shape index (κ2) is 5.93. The Morgan fingerprint density at radius 1 is 1.48 bits per heavy atom. The minimum atomic E-state index is -0.859. The molecule has 0 aliphatic carbocycles. The summed E-state index contributed by atoms with van der Waals surface area (Å²) >= 11 is 1.32. The number of rotatable bonds is 4. The molecule has 0 radical (unpaired) electrons. The van der Waals surface area contributed by atoms with Crippen molar-refractivity contribution < 1.29 is 9.90 Å². The molecular weight excluding hydrogens is 286 g/mol. The summed E-state index contributed by atoms with van der Waals surface area (Å²) in [6.07, 6.45) is 0.900. The summed E-state index contributed by atoms with van der Waals surface area (Å²) < 4.78 is 0. The third-order valence-corrected chi connectivity index (χ3v) is 5.62. The van der Waals surface area contributed by atoms with Crippen molar-refractivity contribution in [1.29, 1.82) is 0 Å². The molecule has 1 aromatic heterocycles. The van der Waals surface area contributed by atoms with Crippen LogP contribution in [0.25, 0.3) is 0 Å². The van der Waals surface area contributed by atoms with Crippen LogP contribution in [0, 0.1) is 0 Å². The predicted molar refractivity (Wildman–Crippen MR) is 86.7 cm³/mol. The van der Waals surface area contributed by atoms with Gasteiger partial charge in [0.25, 0.3) is 0 Å². The fourth-order valence-corrected chi connectivity index (χ4v) is 3.59. The van der Waals surface area contributed by atoms with Crippen LogP contribution in [0.2, 0.25) is 0 Å². The number of likely N-dealkylation sites (N-methyl/N-ethyl adjacent to an activating group) is 1. The van der Waals surface area contributed by atoms with Crippen molar-refractivity contribution in [3.63, 3.8) is 0 Å². The van der Waals surface area contributed by atoms with E-state index in [9.17, 15) is 9.90 Å². The lowest BCUT2D eigenvalue weighted by Crippen LogP contribution is -2.57. The molecule has 21 heavy (non-hydrogen) atoms. The summed E-state index contributed by atoms with van der Waals surface area (Å²) in [6.45, 7) is 11.3. The number of aromatic carboxylic acids is 1. The van der Waals surface area contributed by atoms with E-state index in [-0.39, 0.29) is 11.5 Å². The Balaban J connectivity index is 2.31. The van der Waals surface area contributed by atoms with E-state index >= 15 is 0 Å². The van der Waals surface area contributed by atoms with E-state index in [4.69, 9.17) is 0 Å². The van der Waals surface area contributed by atoms with Crippen LogP contribution < -0.4 is 4.90 Å². The first kappa shape index (κ1) is 16.2. The molecule has 1 aliphatic heterocycles. The highest BCUT2D eigenvalue weighted by atomic mass is 32.1. The Morgan fingerprint density at radius 3 is 2.67 bits per heavy atom.